The molecule has 2 rings (SSSR count). The standard InChI is InChI=1S/C17H16BrClO4/c1-2-22-17(21)12-9-14(11-4-3-5-13(19)8-11)16(15(18)10-12)23-7-6-20/h3-5,8-10,20H,2,6-7H2,1H3. The normalized spacial score (nSPS) is 10.4. The summed E-state index contributed by atoms with van der Waals surface area (Å²) in [5.74, 6) is 0.125. The highest BCUT2D eigenvalue weighted by Gasteiger charge is 2.17. The van der Waals surface area contributed by atoms with Gasteiger partial charge in [-0.05, 0) is 52.7 Å². The summed E-state index contributed by atoms with van der Waals surface area (Å²) in [6, 6.07) is 10.6. The summed E-state index contributed by atoms with van der Waals surface area (Å²) >= 11 is 9.48. The number of rotatable bonds is 6. The van der Waals surface area contributed by atoms with Crippen LogP contribution in [0.4, 0.5) is 0 Å². The van der Waals surface area contributed by atoms with Gasteiger partial charge in [0.2, 0.25) is 0 Å². The molecular formula is C17H16BrClO4. The highest BCUT2D eigenvalue weighted by atomic mass is 79.9. The van der Waals surface area contributed by atoms with E-state index in [9.17, 15) is 4.79 Å². The minimum atomic E-state index is -0.412. The first-order chi connectivity index (χ1) is 11.1. The Kier molecular flexibility index (Phi) is 6.45. The number of hydrogen-bond acceptors (Lipinski definition) is 4. The Labute approximate surface area is 148 Å². The summed E-state index contributed by atoms with van der Waals surface area (Å²) in [7, 11) is 0. The molecule has 0 aliphatic heterocycles. The Morgan fingerprint density at radius 2 is 2.09 bits per heavy atom. The smallest absolute Gasteiger partial charge is 0.338 e. The SMILES string of the molecule is CCOC(=O)c1cc(Br)c(OCCO)c(-c2cccc(Cl)c2)c1. The zero-order valence-corrected chi connectivity index (χ0v) is 14.9. The van der Waals surface area contributed by atoms with Crippen LogP contribution in [0.2, 0.25) is 5.02 Å². The van der Waals surface area contributed by atoms with Crippen molar-refractivity contribution in [1.82, 2.24) is 0 Å². The van der Waals surface area contributed by atoms with Crippen molar-refractivity contribution in [2.24, 2.45) is 0 Å². The quantitative estimate of drug-likeness (QED) is 0.735. The molecule has 0 radical (unpaired) electrons. The molecule has 0 bridgehead atoms. The molecule has 0 saturated heterocycles. The predicted octanol–water partition coefficient (Wildman–Crippen LogP) is 4.32. The van der Waals surface area contributed by atoms with E-state index in [1.807, 2.05) is 12.1 Å². The van der Waals surface area contributed by atoms with Gasteiger partial charge in [0.1, 0.15) is 12.4 Å². The second kappa shape index (κ2) is 8.34. The average Bonchev–Trinajstić information content (AvgIpc) is 2.53. The van der Waals surface area contributed by atoms with Gasteiger partial charge in [-0.2, -0.15) is 0 Å². The zero-order valence-electron chi connectivity index (χ0n) is 12.5. The van der Waals surface area contributed by atoms with Crippen molar-refractivity contribution in [3.63, 3.8) is 0 Å². The van der Waals surface area contributed by atoms with Gasteiger partial charge in [-0.3, -0.25) is 0 Å². The largest absolute Gasteiger partial charge is 0.489 e. The van der Waals surface area contributed by atoms with Crippen molar-refractivity contribution in [3.05, 3.63) is 51.5 Å². The van der Waals surface area contributed by atoms with Crippen molar-refractivity contribution in [2.45, 2.75) is 6.92 Å². The Balaban J connectivity index is 2.56. The van der Waals surface area contributed by atoms with Crippen LogP contribution in [0.15, 0.2) is 40.9 Å². The molecule has 0 unspecified atom stereocenters. The van der Waals surface area contributed by atoms with Crippen LogP contribution in [0.25, 0.3) is 11.1 Å². The van der Waals surface area contributed by atoms with Crippen molar-refractivity contribution in [3.8, 4) is 16.9 Å². The van der Waals surface area contributed by atoms with Gasteiger partial charge in [0, 0.05) is 10.6 Å². The fraction of sp³-hybridized carbons (Fsp3) is 0.235. The van der Waals surface area contributed by atoms with Gasteiger partial charge in [0.05, 0.1) is 23.2 Å². The molecular weight excluding hydrogens is 384 g/mol. The third-order valence-electron chi connectivity index (χ3n) is 3.03. The van der Waals surface area contributed by atoms with Crippen LogP contribution in [0, 0.1) is 0 Å². The van der Waals surface area contributed by atoms with Gasteiger partial charge in [0.25, 0.3) is 0 Å². The third-order valence-corrected chi connectivity index (χ3v) is 3.85. The first-order valence-corrected chi connectivity index (χ1v) is 8.24. The summed E-state index contributed by atoms with van der Waals surface area (Å²) in [5.41, 5.74) is 1.90. The lowest BCUT2D eigenvalue weighted by Crippen LogP contribution is -2.07. The van der Waals surface area contributed by atoms with E-state index < -0.39 is 5.97 Å². The van der Waals surface area contributed by atoms with Crippen molar-refractivity contribution in [1.29, 1.82) is 0 Å². The van der Waals surface area contributed by atoms with E-state index in [4.69, 9.17) is 26.2 Å². The van der Waals surface area contributed by atoms with Crippen LogP contribution in [0.5, 0.6) is 5.75 Å². The van der Waals surface area contributed by atoms with Gasteiger partial charge in [-0.15, -0.1) is 0 Å². The molecule has 0 aliphatic rings. The monoisotopic (exact) mass is 398 g/mol. The summed E-state index contributed by atoms with van der Waals surface area (Å²) in [5, 5.41) is 9.58. The van der Waals surface area contributed by atoms with Crippen LogP contribution in [-0.4, -0.2) is 30.9 Å². The first kappa shape index (κ1) is 17.8. The molecule has 0 heterocycles. The van der Waals surface area contributed by atoms with E-state index in [0.717, 1.165) is 5.56 Å². The second-order valence-electron chi connectivity index (χ2n) is 4.64. The molecule has 0 fully saturated rings. The molecule has 0 atom stereocenters. The third kappa shape index (κ3) is 4.47. The minimum Gasteiger partial charge on any atom is -0.489 e. The maximum Gasteiger partial charge on any atom is 0.338 e. The number of halogens is 2. The summed E-state index contributed by atoms with van der Waals surface area (Å²) in [6.07, 6.45) is 0. The van der Waals surface area contributed by atoms with Gasteiger partial charge >= 0.3 is 5.97 Å². The summed E-state index contributed by atoms with van der Waals surface area (Å²) in [4.78, 5) is 12.0. The summed E-state index contributed by atoms with van der Waals surface area (Å²) < 4.78 is 11.3. The zero-order chi connectivity index (χ0) is 16.8. The Bertz CT molecular complexity index is 703. The number of aliphatic hydroxyl groups excluding tert-OH is 1. The van der Waals surface area contributed by atoms with Crippen LogP contribution in [0.3, 0.4) is 0 Å². The number of aliphatic hydroxyl groups is 1. The molecule has 23 heavy (non-hydrogen) atoms. The van der Waals surface area contributed by atoms with E-state index >= 15 is 0 Å². The molecule has 2 aromatic carbocycles. The molecule has 0 amide bonds. The minimum absolute atomic E-state index is 0.110. The molecule has 0 aromatic heterocycles. The van der Waals surface area contributed by atoms with Gasteiger partial charge in [-0.1, -0.05) is 23.7 Å². The number of ether oxygens (including phenoxy) is 2. The molecule has 0 aliphatic carbocycles. The highest BCUT2D eigenvalue weighted by molar-refractivity contribution is 9.10. The molecule has 6 heteroatoms. The number of carbonyl (C=O) groups is 1. The highest BCUT2D eigenvalue weighted by Crippen LogP contribution is 2.38. The van der Waals surface area contributed by atoms with Crippen LogP contribution in [-0.2, 0) is 4.74 Å². The fourth-order valence-electron chi connectivity index (χ4n) is 2.09. The molecule has 0 saturated carbocycles. The van der Waals surface area contributed by atoms with Crippen molar-refractivity contribution < 1.29 is 19.4 Å². The number of carbonyl (C=O) groups excluding carboxylic acids is 1. The molecule has 0 spiro atoms. The Hall–Kier alpha value is -1.56. The topological polar surface area (TPSA) is 55.8 Å². The van der Waals surface area contributed by atoms with E-state index in [0.29, 0.717) is 33.0 Å². The molecule has 1 N–H and O–H groups in total. The average molecular weight is 400 g/mol. The fourth-order valence-corrected chi connectivity index (χ4v) is 2.86. The van der Waals surface area contributed by atoms with E-state index in [1.54, 1.807) is 31.2 Å². The maximum absolute atomic E-state index is 12.0. The second-order valence-corrected chi connectivity index (χ2v) is 5.93. The van der Waals surface area contributed by atoms with Crippen molar-refractivity contribution >= 4 is 33.5 Å². The van der Waals surface area contributed by atoms with Crippen LogP contribution >= 0.6 is 27.5 Å². The lowest BCUT2D eigenvalue weighted by atomic mass is 10.0. The first-order valence-electron chi connectivity index (χ1n) is 7.07. The van der Waals surface area contributed by atoms with Gasteiger partial charge in [0.15, 0.2) is 0 Å². The van der Waals surface area contributed by atoms with E-state index in [2.05, 4.69) is 15.9 Å². The Morgan fingerprint density at radius 3 is 2.74 bits per heavy atom. The van der Waals surface area contributed by atoms with E-state index in [-0.39, 0.29) is 13.2 Å². The van der Waals surface area contributed by atoms with Gasteiger partial charge < -0.3 is 14.6 Å². The number of benzene rings is 2. The molecule has 2 aromatic rings. The molecule has 4 nitrogen and oxygen atoms in total. The molecule has 122 valence electrons. The summed E-state index contributed by atoms with van der Waals surface area (Å²) in [6.45, 7) is 2.08. The lowest BCUT2D eigenvalue weighted by Gasteiger charge is -2.15. The van der Waals surface area contributed by atoms with Crippen LogP contribution in [0.1, 0.15) is 17.3 Å². The van der Waals surface area contributed by atoms with Gasteiger partial charge in [-0.25, -0.2) is 4.79 Å². The van der Waals surface area contributed by atoms with Crippen molar-refractivity contribution in [2.75, 3.05) is 19.8 Å². The number of esters is 1. The maximum atomic E-state index is 12.0. The van der Waals surface area contributed by atoms with E-state index in [1.165, 1.54) is 0 Å². The van der Waals surface area contributed by atoms with Crippen LogP contribution < -0.4 is 4.74 Å². The lowest BCUT2D eigenvalue weighted by molar-refractivity contribution is 0.0526. The Morgan fingerprint density at radius 1 is 1.30 bits per heavy atom. The number of hydrogen-bond donors (Lipinski definition) is 1. The predicted molar refractivity (Wildman–Crippen MR) is 93.1 cm³/mol.